The number of unbranched alkanes of at least 4 members (excludes halogenated alkanes) is 6. The average Bonchev–Trinajstić information content (AvgIpc) is 3.10. The maximum atomic E-state index is 4.68. The van der Waals surface area contributed by atoms with E-state index >= 15 is 0 Å². The minimum Gasteiger partial charge on any atom is -0.383 e. The summed E-state index contributed by atoms with van der Waals surface area (Å²) in [5, 5.41) is 10.5. The molecule has 0 spiro atoms. The van der Waals surface area contributed by atoms with Gasteiger partial charge in [0.05, 0.1) is 11.4 Å². The van der Waals surface area contributed by atoms with E-state index < -0.39 is 0 Å². The molecule has 0 saturated carbocycles. The van der Waals surface area contributed by atoms with Crippen molar-refractivity contribution in [3.8, 4) is 11.1 Å². The van der Waals surface area contributed by atoms with Crippen LogP contribution in [0.5, 0.6) is 0 Å². The zero-order valence-corrected chi connectivity index (χ0v) is 31.3. The fraction of sp³-hybridized carbons (Fsp3) is 0.535. The summed E-state index contributed by atoms with van der Waals surface area (Å²) in [6.45, 7) is 20.6. The normalized spacial score (nSPS) is 13.7. The van der Waals surface area contributed by atoms with Crippen LogP contribution in [-0.2, 0) is 0 Å². The molecule has 3 aromatic rings. The zero-order valence-electron chi connectivity index (χ0n) is 31.3. The highest BCUT2D eigenvalue weighted by molar-refractivity contribution is 5.85. The van der Waals surface area contributed by atoms with Gasteiger partial charge < -0.3 is 20.9 Å². The number of anilines is 3. The lowest BCUT2D eigenvalue weighted by Crippen LogP contribution is -2.33. The summed E-state index contributed by atoms with van der Waals surface area (Å²) in [4.78, 5) is 11.9. The van der Waals surface area contributed by atoms with Crippen LogP contribution in [0.3, 0.4) is 0 Å². The summed E-state index contributed by atoms with van der Waals surface area (Å²) in [7, 11) is 0. The number of pyridine rings is 1. The highest BCUT2D eigenvalue weighted by Gasteiger charge is 2.19. The summed E-state index contributed by atoms with van der Waals surface area (Å²) >= 11 is 0. The van der Waals surface area contributed by atoms with Gasteiger partial charge in [0.2, 0.25) is 0 Å². The third-order valence-corrected chi connectivity index (χ3v) is 10.0. The fourth-order valence-corrected chi connectivity index (χ4v) is 6.99. The van der Waals surface area contributed by atoms with E-state index in [1.807, 2.05) is 12.4 Å². The Morgan fingerprint density at radius 3 is 2.37 bits per heavy atom. The van der Waals surface area contributed by atoms with Gasteiger partial charge in [0, 0.05) is 49.0 Å². The monoisotopic (exact) mass is 665 g/mol. The molecule has 2 aromatic carbocycles. The molecular weight excluding hydrogens is 601 g/mol. The number of aliphatic imine (C=N–C) groups is 1. The maximum Gasteiger partial charge on any atom is 0.123 e. The van der Waals surface area contributed by atoms with E-state index in [9.17, 15) is 0 Å². The van der Waals surface area contributed by atoms with Gasteiger partial charge in [-0.1, -0.05) is 89.6 Å². The van der Waals surface area contributed by atoms with Crippen LogP contribution in [0.4, 0.5) is 17.1 Å². The van der Waals surface area contributed by atoms with Crippen LogP contribution >= 0.6 is 0 Å². The number of piperidine rings is 1. The number of benzene rings is 2. The molecule has 1 aromatic heterocycles. The topological polar surface area (TPSA) is 64.6 Å². The molecule has 1 saturated heterocycles. The van der Waals surface area contributed by atoms with Crippen molar-refractivity contribution in [2.45, 2.75) is 112 Å². The Morgan fingerprint density at radius 2 is 1.63 bits per heavy atom. The molecular formula is C43H64N6. The molecule has 3 N–H and O–H groups in total. The highest BCUT2D eigenvalue weighted by atomic mass is 15.1. The van der Waals surface area contributed by atoms with E-state index in [0.29, 0.717) is 5.82 Å². The SMILES string of the molecule is C=C(/N=C\c1ccc(-c2cnc(C)c(NCCC)c2C)cc1C)Nc1cccc(N2CCC(CCCCCCCCCNCCC)CC2)c1. The number of hydrogen-bond donors (Lipinski definition) is 3. The summed E-state index contributed by atoms with van der Waals surface area (Å²) in [6, 6.07) is 15.2. The summed E-state index contributed by atoms with van der Waals surface area (Å²) < 4.78 is 0. The Kier molecular flexibility index (Phi) is 16.2. The lowest BCUT2D eigenvalue weighted by molar-refractivity contribution is 0.366. The first-order valence-corrected chi connectivity index (χ1v) is 19.3. The molecule has 1 aliphatic rings. The molecule has 266 valence electrons. The third kappa shape index (κ3) is 12.3. The molecule has 49 heavy (non-hydrogen) atoms. The van der Waals surface area contributed by atoms with E-state index in [1.165, 1.54) is 99.6 Å². The fourth-order valence-electron chi connectivity index (χ4n) is 6.99. The number of rotatable bonds is 21. The minimum atomic E-state index is 0.633. The van der Waals surface area contributed by atoms with Gasteiger partial charge >= 0.3 is 0 Å². The number of nitrogens with one attached hydrogen (secondary N) is 3. The van der Waals surface area contributed by atoms with Gasteiger partial charge in [-0.2, -0.15) is 0 Å². The van der Waals surface area contributed by atoms with Gasteiger partial charge in [-0.25, -0.2) is 4.99 Å². The predicted molar refractivity (Wildman–Crippen MR) is 214 cm³/mol. The van der Waals surface area contributed by atoms with Crippen molar-refractivity contribution in [3.05, 3.63) is 83.4 Å². The van der Waals surface area contributed by atoms with Crippen molar-refractivity contribution in [1.29, 1.82) is 0 Å². The smallest absolute Gasteiger partial charge is 0.123 e. The van der Waals surface area contributed by atoms with Gasteiger partial charge in [-0.15, -0.1) is 0 Å². The minimum absolute atomic E-state index is 0.633. The third-order valence-electron chi connectivity index (χ3n) is 10.0. The van der Waals surface area contributed by atoms with E-state index in [4.69, 9.17) is 0 Å². The van der Waals surface area contributed by atoms with Gasteiger partial charge in [-0.05, 0) is 112 Å². The quantitative estimate of drug-likeness (QED) is 0.0781. The second-order valence-electron chi connectivity index (χ2n) is 14.1. The molecule has 0 atom stereocenters. The predicted octanol–water partition coefficient (Wildman–Crippen LogP) is 10.8. The van der Waals surface area contributed by atoms with Gasteiger partial charge in [0.1, 0.15) is 5.82 Å². The Balaban J connectivity index is 1.20. The highest BCUT2D eigenvalue weighted by Crippen LogP contribution is 2.31. The summed E-state index contributed by atoms with van der Waals surface area (Å²) in [6.07, 6.45) is 20.0. The van der Waals surface area contributed by atoms with Crippen molar-refractivity contribution < 1.29 is 0 Å². The van der Waals surface area contributed by atoms with Gasteiger partial charge in [0.25, 0.3) is 0 Å². The Labute approximate surface area is 298 Å². The molecule has 1 aliphatic heterocycles. The van der Waals surface area contributed by atoms with Crippen LogP contribution in [0.1, 0.15) is 113 Å². The second-order valence-corrected chi connectivity index (χ2v) is 14.1. The van der Waals surface area contributed by atoms with Crippen LogP contribution in [0, 0.1) is 26.7 Å². The van der Waals surface area contributed by atoms with Crippen molar-refractivity contribution in [2.75, 3.05) is 48.3 Å². The first-order chi connectivity index (χ1) is 23.9. The lowest BCUT2D eigenvalue weighted by atomic mass is 9.90. The standard InChI is InChI=1S/C43H64N6/c1-7-24-44-26-15-13-11-9-10-12-14-17-37-22-27-49(28-23-37)41-19-16-18-40(30-41)48-36(6)47-31-39-21-20-38(29-33(39)3)42-32-46-35(5)43(34(42)4)45-25-8-2/h16,18-21,29-32,37,44-45,48H,6-15,17,22-28H2,1-5H3/b47-31-. The van der Waals surface area contributed by atoms with Gasteiger partial charge in [0.15, 0.2) is 0 Å². The molecule has 0 amide bonds. The molecule has 4 rings (SSSR count). The molecule has 0 unspecified atom stereocenters. The van der Waals surface area contributed by atoms with Crippen molar-refractivity contribution in [3.63, 3.8) is 0 Å². The van der Waals surface area contributed by atoms with Gasteiger partial charge in [-0.3, -0.25) is 4.98 Å². The van der Waals surface area contributed by atoms with Crippen LogP contribution in [0.15, 0.2) is 66.1 Å². The molecule has 0 aliphatic carbocycles. The maximum absolute atomic E-state index is 4.68. The molecule has 6 nitrogen and oxygen atoms in total. The summed E-state index contributed by atoms with van der Waals surface area (Å²) in [5.41, 5.74) is 10.3. The zero-order chi connectivity index (χ0) is 34.8. The molecule has 0 bridgehead atoms. The van der Waals surface area contributed by atoms with Crippen LogP contribution < -0.4 is 20.9 Å². The largest absolute Gasteiger partial charge is 0.383 e. The summed E-state index contributed by atoms with van der Waals surface area (Å²) in [5.74, 6) is 1.51. The van der Waals surface area contributed by atoms with Crippen LogP contribution in [0.25, 0.3) is 11.1 Å². The Bertz CT molecular complexity index is 1470. The Hall–Kier alpha value is -3.64. The average molecular weight is 665 g/mol. The first kappa shape index (κ1) is 38.2. The van der Waals surface area contributed by atoms with E-state index in [-0.39, 0.29) is 0 Å². The first-order valence-electron chi connectivity index (χ1n) is 19.3. The van der Waals surface area contributed by atoms with Crippen LogP contribution in [0.2, 0.25) is 0 Å². The number of nitrogens with zero attached hydrogens (tertiary/aromatic N) is 3. The van der Waals surface area contributed by atoms with Crippen molar-refractivity contribution in [1.82, 2.24) is 10.3 Å². The molecule has 0 radical (unpaired) electrons. The van der Waals surface area contributed by atoms with E-state index in [0.717, 1.165) is 66.7 Å². The molecule has 2 heterocycles. The lowest BCUT2D eigenvalue weighted by Gasteiger charge is -2.34. The Morgan fingerprint density at radius 1 is 0.898 bits per heavy atom. The van der Waals surface area contributed by atoms with Crippen molar-refractivity contribution >= 4 is 23.3 Å². The van der Waals surface area contributed by atoms with Crippen molar-refractivity contribution in [2.24, 2.45) is 10.9 Å². The number of aromatic nitrogens is 1. The number of hydrogen-bond acceptors (Lipinski definition) is 6. The van der Waals surface area contributed by atoms with Crippen LogP contribution in [-0.4, -0.2) is 43.9 Å². The van der Waals surface area contributed by atoms with E-state index in [1.54, 1.807) is 0 Å². The number of aryl methyl sites for hydroxylation is 2. The van der Waals surface area contributed by atoms with E-state index in [2.05, 4.69) is 114 Å². The molecule has 1 fully saturated rings. The molecule has 6 heteroatoms. The second kappa shape index (κ2) is 20.8.